The number of hydrogen-bond donors (Lipinski definition) is 0. The maximum absolute atomic E-state index is 12.5. The zero-order chi connectivity index (χ0) is 13.0. The fourth-order valence-corrected chi connectivity index (χ4v) is 4.77. The van der Waals surface area contributed by atoms with Crippen molar-refractivity contribution < 1.29 is 9.59 Å². The summed E-state index contributed by atoms with van der Waals surface area (Å²) in [6.45, 7) is 0.699. The Morgan fingerprint density at radius 2 is 1.53 bits per heavy atom. The fourth-order valence-electron chi connectivity index (χ4n) is 4.77. The molecule has 2 saturated carbocycles. The molecule has 4 unspecified atom stereocenters. The zero-order valence-electron chi connectivity index (χ0n) is 11.3. The van der Waals surface area contributed by atoms with Gasteiger partial charge in [-0.25, -0.2) is 0 Å². The fraction of sp³-hybridized carbons (Fsp3) is 0.750. The predicted molar refractivity (Wildman–Crippen MR) is 71.0 cm³/mol. The van der Waals surface area contributed by atoms with Gasteiger partial charge in [0.25, 0.3) is 0 Å². The van der Waals surface area contributed by atoms with Crippen molar-refractivity contribution in [1.29, 1.82) is 0 Å². The summed E-state index contributed by atoms with van der Waals surface area (Å²) < 4.78 is 0. The molecule has 2 bridgehead atoms. The molecule has 0 aromatic heterocycles. The number of fused-ring (bicyclic) bond motifs is 5. The lowest BCUT2D eigenvalue weighted by Crippen LogP contribution is -2.37. The van der Waals surface area contributed by atoms with Gasteiger partial charge in [-0.1, -0.05) is 31.4 Å². The highest BCUT2D eigenvalue weighted by molar-refractivity contribution is 6.06. The Morgan fingerprint density at radius 3 is 2.11 bits per heavy atom. The van der Waals surface area contributed by atoms with Crippen LogP contribution in [0.1, 0.15) is 38.5 Å². The molecule has 1 saturated heterocycles. The maximum Gasteiger partial charge on any atom is 0.233 e. The first-order valence-electron chi connectivity index (χ1n) is 7.79. The van der Waals surface area contributed by atoms with Crippen molar-refractivity contribution in [2.75, 3.05) is 6.54 Å². The number of nitrogens with zero attached hydrogens (tertiary/aromatic N) is 1. The van der Waals surface area contributed by atoms with E-state index in [-0.39, 0.29) is 23.7 Å². The van der Waals surface area contributed by atoms with Crippen molar-refractivity contribution >= 4 is 11.8 Å². The molecule has 4 aliphatic rings. The second-order valence-corrected chi connectivity index (χ2v) is 6.79. The van der Waals surface area contributed by atoms with Crippen LogP contribution in [0, 0.1) is 29.6 Å². The van der Waals surface area contributed by atoms with E-state index in [0.29, 0.717) is 24.3 Å². The quantitative estimate of drug-likeness (QED) is 0.564. The van der Waals surface area contributed by atoms with Crippen LogP contribution in [-0.4, -0.2) is 23.3 Å². The topological polar surface area (TPSA) is 37.4 Å². The molecule has 4 atom stereocenters. The van der Waals surface area contributed by atoms with Crippen LogP contribution in [0.2, 0.25) is 0 Å². The molecule has 0 radical (unpaired) electrons. The van der Waals surface area contributed by atoms with E-state index in [9.17, 15) is 9.59 Å². The number of likely N-dealkylation sites (tertiary alicyclic amines) is 1. The molecule has 0 spiro atoms. The van der Waals surface area contributed by atoms with E-state index in [0.717, 1.165) is 6.42 Å². The van der Waals surface area contributed by atoms with Crippen LogP contribution >= 0.6 is 0 Å². The molecule has 0 aromatic rings. The minimum absolute atomic E-state index is 0.00825. The molecule has 102 valence electrons. The number of amides is 2. The van der Waals surface area contributed by atoms with Crippen LogP contribution in [0.4, 0.5) is 0 Å². The van der Waals surface area contributed by atoms with Crippen molar-refractivity contribution in [2.24, 2.45) is 29.6 Å². The van der Waals surface area contributed by atoms with Gasteiger partial charge in [-0.15, -0.1) is 0 Å². The van der Waals surface area contributed by atoms with Gasteiger partial charge >= 0.3 is 0 Å². The minimum Gasteiger partial charge on any atom is -0.282 e. The highest BCUT2D eigenvalue weighted by atomic mass is 16.2. The van der Waals surface area contributed by atoms with Gasteiger partial charge in [0, 0.05) is 6.54 Å². The van der Waals surface area contributed by atoms with E-state index < -0.39 is 0 Å². The second-order valence-electron chi connectivity index (χ2n) is 6.79. The average molecular weight is 259 g/mol. The van der Waals surface area contributed by atoms with Crippen molar-refractivity contribution in [3.8, 4) is 0 Å². The smallest absolute Gasteiger partial charge is 0.233 e. The molecule has 1 aliphatic heterocycles. The van der Waals surface area contributed by atoms with E-state index in [4.69, 9.17) is 0 Å². The van der Waals surface area contributed by atoms with Gasteiger partial charge in [0.1, 0.15) is 0 Å². The van der Waals surface area contributed by atoms with Gasteiger partial charge in [-0.05, 0) is 37.0 Å². The molecule has 3 heteroatoms. The molecular weight excluding hydrogens is 238 g/mol. The van der Waals surface area contributed by atoms with Gasteiger partial charge in [-0.2, -0.15) is 0 Å². The predicted octanol–water partition coefficient (Wildman–Crippen LogP) is 2.37. The molecule has 3 aliphatic carbocycles. The summed E-state index contributed by atoms with van der Waals surface area (Å²) in [7, 11) is 0. The van der Waals surface area contributed by atoms with E-state index in [1.54, 1.807) is 4.90 Å². The lowest BCUT2D eigenvalue weighted by Gasteiger charge is -2.26. The summed E-state index contributed by atoms with van der Waals surface area (Å²) in [6, 6.07) is 0. The molecule has 0 aromatic carbocycles. The molecule has 3 nitrogen and oxygen atoms in total. The van der Waals surface area contributed by atoms with Gasteiger partial charge in [0.2, 0.25) is 11.8 Å². The summed E-state index contributed by atoms with van der Waals surface area (Å²) in [5, 5.41) is 0. The van der Waals surface area contributed by atoms with Crippen molar-refractivity contribution in [1.82, 2.24) is 4.90 Å². The average Bonchev–Trinajstić information content (AvgIpc) is 3.10. The van der Waals surface area contributed by atoms with Crippen molar-refractivity contribution in [3.63, 3.8) is 0 Å². The van der Waals surface area contributed by atoms with E-state index >= 15 is 0 Å². The number of rotatable bonds is 2. The molecule has 2 amide bonds. The lowest BCUT2D eigenvalue weighted by molar-refractivity contribution is -0.141. The number of carbonyl (C=O) groups is 2. The van der Waals surface area contributed by atoms with Gasteiger partial charge < -0.3 is 0 Å². The summed E-state index contributed by atoms with van der Waals surface area (Å²) in [5.41, 5.74) is 0. The Balaban J connectivity index is 1.52. The van der Waals surface area contributed by atoms with Crippen LogP contribution in [0.15, 0.2) is 12.2 Å². The van der Waals surface area contributed by atoms with Gasteiger partial charge in [-0.3, -0.25) is 14.5 Å². The number of carbonyl (C=O) groups excluding carboxylic acids is 2. The summed E-state index contributed by atoms with van der Waals surface area (Å²) in [6.07, 6.45) is 11.6. The highest BCUT2D eigenvalue weighted by Gasteiger charge is 2.59. The van der Waals surface area contributed by atoms with E-state index in [1.165, 1.54) is 32.1 Å². The summed E-state index contributed by atoms with van der Waals surface area (Å²) >= 11 is 0. The monoisotopic (exact) mass is 259 g/mol. The zero-order valence-corrected chi connectivity index (χ0v) is 11.3. The van der Waals surface area contributed by atoms with Crippen LogP contribution < -0.4 is 0 Å². The van der Waals surface area contributed by atoms with Gasteiger partial charge in [0.05, 0.1) is 11.8 Å². The SMILES string of the molecule is O=C1C2C3C=CC(C3)C2C(=O)N1CC1CCCCC1. The Kier molecular flexibility index (Phi) is 2.58. The van der Waals surface area contributed by atoms with E-state index in [1.807, 2.05) is 0 Å². The largest absolute Gasteiger partial charge is 0.282 e. The Hall–Kier alpha value is -1.12. The Bertz CT molecular complexity index is 420. The number of imide groups is 1. The molecule has 19 heavy (non-hydrogen) atoms. The van der Waals surface area contributed by atoms with Crippen molar-refractivity contribution in [3.05, 3.63) is 12.2 Å². The standard InChI is InChI=1S/C16H21NO2/c18-15-13-11-6-7-12(8-11)14(13)16(19)17(15)9-10-4-2-1-3-5-10/h6-7,10-14H,1-5,8-9H2. The molecule has 3 fully saturated rings. The number of allylic oxidation sites excluding steroid dienone is 2. The normalized spacial score (nSPS) is 41.4. The molecule has 1 heterocycles. The maximum atomic E-state index is 12.5. The summed E-state index contributed by atoms with van der Waals surface area (Å²) in [4.78, 5) is 26.7. The Labute approximate surface area is 114 Å². The first-order chi connectivity index (χ1) is 9.25. The van der Waals surface area contributed by atoms with Crippen molar-refractivity contribution in [2.45, 2.75) is 38.5 Å². The van der Waals surface area contributed by atoms with Crippen LogP contribution in [0.3, 0.4) is 0 Å². The Morgan fingerprint density at radius 1 is 0.947 bits per heavy atom. The third-order valence-corrected chi connectivity index (χ3v) is 5.73. The lowest BCUT2D eigenvalue weighted by atomic mass is 9.85. The van der Waals surface area contributed by atoms with Crippen LogP contribution in [0.5, 0.6) is 0 Å². The van der Waals surface area contributed by atoms with Gasteiger partial charge in [0.15, 0.2) is 0 Å². The van der Waals surface area contributed by atoms with E-state index in [2.05, 4.69) is 12.2 Å². The first kappa shape index (κ1) is 11.7. The number of hydrogen-bond acceptors (Lipinski definition) is 2. The third kappa shape index (κ3) is 1.63. The van der Waals surface area contributed by atoms with Crippen LogP contribution in [0.25, 0.3) is 0 Å². The summed E-state index contributed by atoms with van der Waals surface area (Å²) in [5.74, 6) is 1.52. The molecule has 0 N–H and O–H groups in total. The molecular formula is C16H21NO2. The van der Waals surface area contributed by atoms with Crippen LogP contribution in [-0.2, 0) is 9.59 Å². The first-order valence-corrected chi connectivity index (χ1v) is 7.79. The highest BCUT2D eigenvalue weighted by Crippen LogP contribution is 2.52. The molecule has 4 rings (SSSR count). The minimum atomic E-state index is -0.00825. The third-order valence-electron chi connectivity index (χ3n) is 5.73. The second kappa shape index (κ2) is 4.19.